The van der Waals surface area contributed by atoms with Crippen LogP contribution in [-0.4, -0.2) is 11.3 Å². The number of nitrogens with zero attached hydrogens (tertiary/aromatic N) is 1. The van der Waals surface area contributed by atoms with Crippen molar-refractivity contribution in [2.45, 2.75) is 19.5 Å². The van der Waals surface area contributed by atoms with E-state index in [0.717, 1.165) is 11.3 Å². The number of alkyl halides is 3. The van der Waals surface area contributed by atoms with Gasteiger partial charge in [0.25, 0.3) is 0 Å². The van der Waals surface area contributed by atoms with Crippen LogP contribution in [0.25, 0.3) is 0 Å². The summed E-state index contributed by atoms with van der Waals surface area (Å²) in [5, 5.41) is 5.09. The minimum absolute atomic E-state index is 0.212. The number of hydrogen-bond donors (Lipinski definition) is 1. The first-order valence-corrected chi connectivity index (χ1v) is 6.40. The van der Waals surface area contributed by atoms with Gasteiger partial charge in [0.15, 0.2) is 0 Å². The molecular formula is C12H11F3N2OS. The molecule has 0 atom stereocenters. The van der Waals surface area contributed by atoms with Gasteiger partial charge in [-0.25, -0.2) is 4.98 Å². The van der Waals surface area contributed by atoms with Crippen molar-refractivity contribution in [1.29, 1.82) is 0 Å². The summed E-state index contributed by atoms with van der Waals surface area (Å²) < 4.78 is 39.7. The van der Waals surface area contributed by atoms with Crippen LogP contribution >= 0.6 is 11.3 Å². The summed E-state index contributed by atoms with van der Waals surface area (Å²) >= 11 is 1.52. The average molecular weight is 288 g/mol. The van der Waals surface area contributed by atoms with Gasteiger partial charge < -0.3 is 10.1 Å². The van der Waals surface area contributed by atoms with Crippen molar-refractivity contribution in [3.8, 4) is 5.75 Å². The molecule has 1 aromatic carbocycles. The number of ether oxygens (including phenoxy) is 1. The van der Waals surface area contributed by atoms with Crippen molar-refractivity contribution < 1.29 is 17.9 Å². The first-order chi connectivity index (χ1) is 9.03. The normalized spacial score (nSPS) is 11.5. The van der Waals surface area contributed by atoms with Crippen LogP contribution in [0, 0.1) is 0 Å². The summed E-state index contributed by atoms with van der Waals surface area (Å²) in [4.78, 5) is 4.11. The van der Waals surface area contributed by atoms with Crippen LogP contribution in [0.3, 0.4) is 0 Å². The molecule has 1 N–H and O–H groups in total. The summed E-state index contributed by atoms with van der Waals surface area (Å²) in [6, 6.07) is 5.78. The molecule has 0 saturated carbocycles. The molecule has 0 unspecified atom stereocenters. The first kappa shape index (κ1) is 13.8. The summed E-state index contributed by atoms with van der Waals surface area (Å²) in [6.45, 7) is 1.19. The zero-order chi connectivity index (χ0) is 13.7. The van der Waals surface area contributed by atoms with Gasteiger partial charge in [0, 0.05) is 18.5 Å². The third-order valence-electron chi connectivity index (χ3n) is 2.28. The Bertz CT molecular complexity index is 497. The first-order valence-electron chi connectivity index (χ1n) is 5.45. The largest absolute Gasteiger partial charge is 0.573 e. The van der Waals surface area contributed by atoms with Crippen LogP contribution in [0.5, 0.6) is 5.75 Å². The van der Waals surface area contributed by atoms with E-state index in [1.54, 1.807) is 17.6 Å². The highest BCUT2D eigenvalue weighted by Crippen LogP contribution is 2.22. The number of nitrogens with one attached hydrogen (secondary N) is 1. The Morgan fingerprint density at radius 3 is 2.47 bits per heavy atom. The second-order valence-electron chi connectivity index (χ2n) is 3.78. The van der Waals surface area contributed by atoms with Gasteiger partial charge in [-0.15, -0.1) is 24.5 Å². The molecule has 1 heterocycles. The smallest absolute Gasteiger partial charge is 0.406 e. The monoisotopic (exact) mass is 288 g/mol. The van der Waals surface area contributed by atoms with Crippen LogP contribution in [0.1, 0.15) is 11.3 Å². The van der Waals surface area contributed by atoms with Crippen LogP contribution < -0.4 is 10.1 Å². The Labute approximate surface area is 112 Å². The summed E-state index contributed by atoms with van der Waals surface area (Å²) in [6.07, 6.45) is -4.65. The van der Waals surface area contributed by atoms with E-state index in [0.29, 0.717) is 13.1 Å². The Hall–Kier alpha value is -1.60. The summed E-state index contributed by atoms with van der Waals surface area (Å²) in [5.74, 6) is -0.212. The molecule has 0 amide bonds. The van der Waals surface area contributed by atoms with E-state index in [2.05, 4.69) is 15.0 Å². The fourth-order valence-corrected chi connectivity index (χ4v) is 2.03. The summed E-state index contributed by atoms with van der Waals surface area (Å²) in [5.41, 5.74) is 3.58. The van der Waals surface area contributed by atoms with Gasteiger partial charge in [0.05, 0.1) is 11.2 Å². The van der Waals surface area contributed by atoms with E-state index in [9.17, 15) is 13.2 Å². The fraction of sp³-hybridized carbons (Fsp3) is 0.250. The molecule has 3 nitrogen and oxygen atoms in total. The van der Waals surface area contributed by atoms with Gasteiger partial charge in [-0.2, -0.15) is 0 Å². The van der Waals surface area contributed by atoms with Gasteiger partial charge in [0.2, 0.25) is 0 Å². The van der Waals surface area contributed by atoms with E-state index in [1.165, 1.54) is 23.5 Å². The predicted molar refractivity (Wildman–Crippen MR) is 65.8 cm³/mol. The maximum absolute atomic E-state index is 12.0. The number of halogens is 3. The van der Waals surface area contributed by atoms with Gasteiger partial charge in [-0.1, -0.05) is 12.1 Å². The molecule has 1 aromatic heterocycles. The zero-order valence-corrected chi connectivity index (χ0v) is 10.6. The molecular weight excluding hydrogens is 277 g/mol. The van der Waals surface area contributed by atoms with E-state index in [1.807, 2.05) is 5.38 Å². The standard InChI is InChI=1S/C12H11F3N2OS/c13-12(14,15)18-11-3-1-9(2-4-11)5-16-6-10-7-19-8-17-10/h1-4,7-8,16H,5-6H2. The van der Waals surface area contributed by atoms with E-state index >= 15 is 0 Å². The lowest BCUT2D eigenvalue weighted by atomic mass is 10.2. The quantitative estimate of drug-likeness (QED) is 0.916. The highest BCUT2D eigenvalue weighted by atomic mass is 32.1. The molecule has 0 aliphatic heterocycles. The van der Waals surface area contributed by atoms with Gasteiger partial charge in [0.1, 0.15) is 5.75 Å². The highest BCUT2D eigenvalue weighted by molar-refractivity contribution is 7.07. The van der Waals surface area contributed by atoms with Crippen molar-refractivity contribution in [3.63, 3.8) is 0 Å². The lowest BCUT2D eigenvalue weighted by Crippen LogP contribution is -2.17. The fourth-order valence-electron chi connectivity index (χ4n) is 1.47. The Morgan fingerprint density at radius 1 is 1.16 bits per heavy atom. The number of hydrogen-bond acceptors (Lipinski definition) is 4. The SMILES string of the molecule is FC(F)(F)Oc1ccc(CNCc2cscn2)cc1. The van der Waals surface area contributed by atoms with Crippen molar-refractivity contribution in [3.05, 3.63) is 46.4 Å². The van der Waals surface area contributed by atoms with Crippen molar-refractivity contribution in [2.24, 2.45) is 0 Å². The van der Waals surface area contributed by atoms with E-state index in [4.69, 9.17) is 0 Å². The Morgan fingerprint density at radius 2 is 1.89 bits per heavy atom. The maximum Gasteiger partial charge on any atom is 0.573 e. The number of thiazole rings is 1. The molecule has 2 rings (SSSR count). The molecule has 19 heavy (non-hydrogen) atoms. The molecule has 2 aromatic rings. The predicted octanol–water partition coefficient (Wildman–Crippen LogP) is 3.33. The van der Waals surface area contributed by atoms with Crippen molar-refractivity contribution in [1.82, 2.24) is 10.3 Å². The lowest BCUT2D eigenvalue weighted by Gasteiger charge is -2.09. The molecule has 0 radical (unpaired) electrons. The second-order valence-corrected chi connectivity index (χ2v) is 4.49. The van der Waals surface area contributed by atoms with Crippen LogP contribution in [0.2, 0.25) is 0 Å². The van der Waals surface area contributed by atoms with Gasteiger partial charge in [-0.3, -0.25) is 0 Å². The second kappa shape index (κ2) is 6.03. The third-order valence-corrected chi connectivity index (χ3v) is 2.91. The third kappa shape index (κ3) is 4.88. The minimum atomic E-state index is -4.65. The molecule has 7 heteroatoms. The maximum atomic E-state index is 12.0. The van der Waals surface area contributed by atoms with E-state index in [-0.39, 0.29) is 5.75 Å². The molecule has 0 fully saturated rings. The van der Waals surface area contributed by atoms with Crippen molar-refractivity contribution in [2.75, 3.05) is 0 Å². The number of benzene rings is 1. The van der Waals surface area contributed by atoms with Crippen molar-refractivity contribution >= 4 is 11.3 Å². The zero-order valence-electron chi connectivity index (χ0n) is 9.78. The molecule has 102 valence electrons. The van der Waals surface area contributed by atoms with Gasteiger partial charge in [-0.05, 0) is 17.7 Å². The number of aromatic nitrogens is 1. The van der Waals surface area contributed by atoms with Gasteiger partial charge >= 0.3 is 6.36 Å². The Kier molecular flexibility index (Phi) is 4.39. The number of rotatable bonds is 5. The minimum Gasteiger partial charge on any atom is -0.406 e. The molecule has 0 spiro atoms. The molecule has 0 saturated heterocycles. The van der Waals surface area contributed by atoms with Crippen LogP contribution in [0.15, 0.2) is 35.2 Å². The summed E-state index contributed by atoms with van der Waals surface area (Å²) in [7, 11) is 0. The molecule has 0 aliphatic rings. The average Bonchev–Trinajstić information content (AvgIpc) is 2.82. The topological polar surface area (TPSA) is 34.1 Å². The molecule has 0 aliphatic carbocycles. The lowest BCUT2D eigenvalue weighted by molar-refractivity contribution is -0.274. The molecule has 0 bridgehead atoms. The highest BCUT2D eigenvalue weighted by Gasteiger charge is 2.30. The van der Waals surface area contributed by atoms with Crippen LogP contribution in [-0.2, 0) is 13.1 Å². The Balaban J connectivity index is 1.81. The van der Waals surface area contributed by atoms with Crippen LogP contribution in [0.4, 0.5) is 13.2 Å². The van der Waals surface area contributed by atoms with E-state index < -0.39 is 6.36 Å².